The molecule has 4 rings (SSSR count). The third-order valence-corrected chi connectivity index (χ3v) is 5.71. The van der Waals surface area contributed by atoms with Crippen molar-refractivity contribution in [2.45, 2.75) is 38.8 Å². The number of nitrogens with zero attached hydrogens (tertiary/aromatic N) is 4. The molecule has 1 aliphatic carbocycles. The molecule has 1 atom stereocenters. The lowest BCUT2D eigenvalue weighted by atomic mass is 9.99. The summed E-state index contributed by atoms with van der Waals surface area (Å²) in [5.74, 6) is 1.19. The quantitative estimate of drug-likeness (QED) is 0.816. The Morgan fingerprint density at radius 3 is 2.91 bits per heavy atom. The smallest absolute Gasteiger partial charge is 0.100 e. The molecular weight excluding hydrogens is 308 g/mol. The predicted molar refractivity (Wildman–Crippen MR) is 90.5 cm³/mol. The largest absolute Gasteiger partial charge is 0.380 e. The Kier molecular flexibility index (Phi) is 4.22. The summed E-state index contributed by atoms with van der Waals surface area (Å²) < 4.78 is 7.93. The minimum absolute atomic E-state index is 0.374. The van der Waals surface area contributed by atoms with Crippen LogP contribution in [0.25, 0.3) is 0 Å². The van der Waals surface area contributed by atoms with Crippen molar-refractivity contribution < 1.29 is 4.74 Å². The van der Waals surface area contributed by atoms with Gasteiger partial charge in [-0.15, -0.1) is 16.4 Å². The Labute approximate surface area is 141 Å². The number of thiophene rings is 1. The number of aryl methyl sites for hydroxylation is 2. The Morgan fingerprint density at radius 1 is 1.30 bits per heavy atom. The molecule has 6 heteroatoms. The number of hydrogen-bond donors (Lipinski definition) is 0. The van der Waals surface area contributed by atoms with Gasteiger partial charge in [0.1, 0.15) is 5.69 Å². The Bertz CT molecular complexity index is 676. The molecule has 0 bridgehead atoms. The summed E-state index contributed by atoms with van der Waals surface area (Å²) in [4.78, 5) is 5.28. The summed E-state index contributed by atoms with van der Waals surface area (Å²) in [5.41, 5.74) is 2.38. The zero-order chi connectivity index (χ0) is 15.8. The molecule has 1 saturated carbocycles. The van der Waals surface area contributed by atoms with E-state index >= 15 is 0 Å². The number of rotatable bonds is 6. The van der Waals surface area contributed by atoms with Gasteiger partial charge in [-0.05, 0) is 37.8 Å². The first-order valence-electron chi connectivity index (χ1n) is 8.43. The van der Waals surface area contributed by atoms with Crippen LogP contribution in [0.2, 0.25) is 0 Å². The maximum atomic E-state index is 5.99. The van der Waals surface area contributed by atoms with Crippen LogP contribution in [0.5, 0.6) is 0 Å². The van der Waals surface area contributed by atoms with Crippen molar-refractivity contribution in [1.82, 2.24) is 19.9 Å². The molecule has 0 saturated heterocycles. The van der Waals surface area contributed by atoms with Crippen molar-refractivity contribution >= 4 is 11.3 Å². The highest BCUT2D eigenvalue weighted by Crippen LogP contribution is 2.31. The number of ether oxygens (including phenoxy) is 1. The van der Waals surface area contributed by atoms with E-state index in [0.29, 0.717) is 5.92 Å². The molecule has 0 aromatic carbocycles. The lowest BCUT2D eigenvalue weighted by Gasteiger charge is -2.31. The van der Waals surface area contributed by atoms with Crippen molar-refractivity contribution in [3.05, 3.63) is 33.3 Å². The van der Waals surface area contributed by atoms with Gasteiger partial charge in [0, 0.05) is 49.0 Å². The van der Waals surface area contributed by atoms with Crippen LogP contribution in [0, 0.1) is 12.8 Å². The molecule has 3 heterocycles. The van der Waals surface area contributed by atoms with Gasteiger partial charge < -0.3 is 4.74 Å². The first-order chi connectivity index (χ1) is 11.2. The molecule has 124 valence electrons. The number of hydrogen-bond acceptors (Lipinski definition) is 5. The molecule has 0 spiro atoms. The second-order valence-electron chi connectivity index (χ2n) is 6.90. The van der Waals surface area contributed by atoms with Crippen molar-refractivity contribution in [3.8, 4) is 0 Å². The molecule has 5 nitrogen and oxygen atoms in total. The van der Waals surface area contributed by atoms with Crippen LogP contribution in [-0.4, -0.2) is 39.7 Å². The molecule has 1 unspecified atom stereocenters. The lowest BCUT2D eigenvalue weighted by Crippen LogP contribution is -2.35. The van der Waals surface area contributed by atoms with E-state index in [2.05, 4.69) is 34.3 Å². The van der Waals surface area contributed by atoms with Gasteiger partial charge in [-0.3, -0.25) is 9.58 Å². The summed E-state index contributed by atoms with van der Waals surface area (Å²) in [7, 11) is 2.00. The third-order valence-electron chi connectivity index (χ3n) is 4.73. The van der Waals surface area contributed by atoms with Crippen molar-refractivity contribution in [2.75, 3.05) is 19.8 Å². The van der Waals surface area contributed by atoms with E-state index < -0.39 is 0 Å². The first kappa shape index (κ1) is 15.3. The predicted octanol–water partition coefficient (Wildman–Crippen LogP) is 2.71. The molecule has 0 radical (unpaired) electrons. The monoisotopic (exact) mass is 332 g/mol. The molecule has 2 aromatic heterocycles. The zero-order valence-corrected chi connectivity index (χ0v) is 14.7. The molecule has 1 fully saturated rings. The highest BCUT2D eigenvalue weighted by atomic mass is 32.1. The van der Waals surface area contributed by atoms with E-state index in [0.717, 1.165) is 44.5 Å². The maximum absolute atomic E-state index is 5.99. The van der Waals surface area contributed by atoms with Gasteiger partial charge >= 0.3 is 0 Å². The summed E-state index contributed by atoms with van der Waals surface area (Å²) in [5, 5.41) is 8.61. The van der Waals surface area contributed by atoms with E-state index in [1.54, 1.807) is 0 Å². The van der Waals surface area contributed by atoms with Crippen LogP contribution in [0.3, 0.4) is 0 Å². The van der Waals surface area contributed by atoms with E-state index in [4.69, 9.17) is 4.74 Å². The minimum atomic E-state index is 0.374. The Balaban J connectivity index is 1.45. The fourth-order valence-electron chi connectivity index (χ4n) is 3.40. The molecular formula is C17H24N4OS. The fourth-order valence-corrected chi connectivity index (χ4v) is 4.33. The van der Waals surface area contributed by atoms with Gasteiger partial charge in [-0.25, -0.2) is 0 Å². The second-order valence-corrected chi connectivity index (χ2v) is 8.28. The van der Waals surface area contributed by atoms with Crippen LogP contribution in [0.4, 0.5) is 0 Å². The van der Waals surface area contributed by atoms with Gasteiger partial charge in [0.25, 0.3) is 0 Å². The van der Waals surface area contributed by atoms with Gasteiger partial charge in [-0.1, -0.05) is 5.21 Å². The van der Waals surface area contributed by atoms with Gasteiger partial charge in [0.05, 0.1) is 12.3 Å². The zero-order valence-electron chi connectivity index (χ0n) is 13.9. The van der Waals surface area contributed by atoms with Gasteiger partial charge in [0.2, 0.25) is 0 Å². The molecule has 23 heavy (non-hydrogen) atoms. The highest BCUT2D eigenvalue weighted by molar-refractivity contribution is 7.11. The molecule has 2 aromatic rings. The normalized spacial score (nSPS) is 21.6. The average molecular weight is 332 g/mol. The van der Waals surface area contributed by atoms with Crippen molar-refractivity contribution in [2.24, 2.45) is 13.0 Å². The van der Waals surface area contributed by atoms with Crippen LogP contribution in [0.15, 0.2) is 12.1 Å². The maximum Gasteiger partial charge on any atom is 0.100 e. The van der Waals surface area contributed by atoms with Gasteiger partial charge in [-0.2, -0.15) is 0 Å². The Hall–Kier alpha value is -1.24. The van der Waals surface area contributed by atoms with Crippen LogP contribution in [-0.2, 0) is 24.9 Å². The molecule has 0 amide bonds. The number of fused-ring (bicyclic) bond motifs is 1. The van der Waals surface area contributed by atoms with Crippen LogP contribution >= 0.6 is 11.3 Å². The van der Waals surface area contributed by atoms with Crippen LogP contribution < -0.4 is 0 Å². The summed E-state index contributed by atoms with van der Waals surface area (Å²) in [6, 6.07) is 4.44. The Morgan fingerprint density at radius 2 is 2.17 bits per heavy atom. The third kappa shape index (κ3) is 3.49. The average Bonchev–Trinajstić information content (AvgIpc) is 3.15. The van der Waals surface area contributed by atoms with Crippen molar-refractivity contribution in [1.29, 1.82) is 0 Å². The fraction of sp³-hybridized carbons (Fsp3) is 0.647. The van der Waals surface area contributed by atoms with Gasteiger partial charge in [0.15, 0.2) is 0 Å². The van der Waals surface area contributed by atoms with E-state index in [1.807, 2.05) is 23.1 Å². The summed E-state index contributed by atoms with van der Waals surface area (Å²) >= 11 is 1.89. The summed E-state index contributed by atoms with van der Waals surface area (Å²) in [6.45, 7) is 6.77. The lowest BCUT2D eigenvalue weighted by molar-refractivity contribution is 0.0868. The molecule has 0 N–H and O–H groups in total. The topological polar surface area (TPSA) is 43.2 Å². The summed E-state index contributed by atoms with van der Waals surface area (Å²) in [6.07, 6.45) is 2.68. The standard InChI is InChI=1S/C17H24N4OS/c1-12-3-6-15(23-12)8-21-7-14(11-22-10-13-4-5-13)17-16(9-21)18-19-20(17)2/h3,6,13-14H,4-5,7-11H2,1-2H3. The van der Waals surface area contributed by atoms with Crippen molar-refractivity contribution in [3.63, 3.8) is 0 Å². The molecule has 1 aliphatic heterocycles. The van der Waals surface area contributed by atoms with E-state index in [9.17, 15) is 0 Å². The van der Waals surface area contributed by atoms with E-state index in [-0.39, 0.29) is 0 Å². The van der Waals surface area contributed by atoms with Crippen LogP contribution in [0.1, 0.15) is 39.9 Å². The number of aromatic nitrogens is 3. The minimum Gasteiger partial charge on any atom is -0.380 e. The second kappa shape index (κ2) is 6.34. The highest BCUT2D eigenvalue weighted by Gasteiger charge is 2.31. The molecule has 2 aliphatic rings. The first-order valence-corrected chi connectivity index (χ1v) is 9.24. The van der Waals surface area contributed by atoms with E-state index in [1.165, 1.54) is 28.3 Å². The SMILES string of the molecule is Cc1ccc(CN2Cc3nnn(C)c3C(COCC3CC3)C2)s1.